The highest BCUT2D eigenvalue weighted by Crippen LogP contribution is 2.37. The Balaban J connectivity index is 0.911. The zero-order valence-corrected chi connectivity index (χ0v) is 60.2. The molecule has 0 aliphatic heterocycles. The second-order valence-electron chi connectivity index (χ2n) is 28.1. The number of rotatable bonds is 36. The SMILES string of the molecule is CCCCCCCCCCn1c2ccc3cc2c2cc(ccc21)C#Cc1ccc2c(c1)c1cc(ccc1n2CCCCCCCCCC)C#Cc1ccc2c(c1)c1cc(ccc1n2CCOCCOCCOC)C#Cc1ccc2c(c1)c1cc(ccc1n2CCCCCCCCCC)C#C3. The van der Waals surface area contributed by atoms with Crippen molar-refractivity contribution in [2.75, 3.05) is 40.1 Å². The second-order valence-corrected chi connectivity index (χ2v) is 28.1. The molecule has 0 unspecified atom stereocenters. The van der Waals surface area contributed by atoms with Gasteiger partial charge in [-0.15, -0.1) is 0 Å². The summed E-state index contributed by atoms with van der Waals surface area (Å²) in [4.78, 5) is 0. The third-order valence-electron chi connectivity index (χ3n) is 20.8. The zero-order valence-electron chi connectivity index (χ0n) is 60.2. The number of hydrogen-bond acceptors (Lipinski definition) is 3. The molecule has 16 bridgehead atoms. The number of ether oxygens (including phenoxy) is 3. The number of methoxy groups -OCH3 is 1. The molecule has 0 N–H and O–H groups in total. The lowest BCUT2D eigenvalue weighted by Gasteiger charge is -2.09. The molecular weight excluding hydrogens is 1220 g/mol. The molecule has 0 spiro atoms. The minimum absolute atomic E-state index is 0.520. The van der Waals surface area contributed by atoms with Gasteiger partial charge in [0.15, 0.2) is 0 Å². The van der Waals surface area contributed by atoms with Crippen LogP contribution in [0.15, 0.2) is 146 Å². The number of benzene rings is 8. The predicted octanol–water partition coefficient (Wildman–Crippen LogP) is 23.1. The van der Waals surface area contributed by atoms with Crippen molar-refractivity contribution in [2.24, 2.45) is 0 Å². The van der Waals surface area contributed by atoms with Gasteiger partial charge in [0, 0.05) is 165 Å². The summed E-state index contributed by atoms with van der Waals surface area (Å²) < 4.78 is 27.1. The van der Waals surface area contributed by atoms with Gasteiger partial charge in [0.05, 0.1) is 33.0 Å². The van der Waals surface area contributed by atoms with Gasteiger partial charge in [-0.05, 0) is 165 Å². The molecule has 7 heteroatoms. The van der Waals surface area contributed by atoms with E-state index in [-0.39, 0.29) is 0 Å². The van der Waals surface area contributed by atoms with E-state index in [9.17, 15) is 0 Å². The number of nitrogens with zero attached hydrogens (tertiary/aromatic N) is 4. The highest BCUT2D eigenvalue weighted by molar-refractivity contribution is 6.12. The van der Waals surface area contributed by atoms with Crippen molar-refractivity contribution in [1.82, 2.24) is 18.3 Å². The Labute approximate surface area is 594 Å². The summed E-state index contributed by atoms with van der Waals surface area (Å²) in [6.45, 7) is 13.2. The lowest BCUT2D eigenvalue weighted by atomic mass is 10.0. The molecule has 100 heavy (non-hydrogen) atoms. The summed E-state index contributed by atoms with van der Waals surface area (Å²) >= 11 is 0. The quantitative estimate of drug-likeness (QED) is 0.0290. The van der Waals surface area contributed by atoms with Gasteiger partial charge in [-0.3, -0.25) is 0 Å². The minimum Gasteiger partial charge on any atom is -0.382 e. The summed E-state index contributed by atoms with van der Waals surface area (Å²) in [6, 6.07) is 54.5. The molecular formula is C93H102N4O3. The first kappa shape index (κ1) is 69.6. The Morgan fingerprint density at radius 3 is 0.630 bits per heavy atom. The fourth-order valence-electron chi connectivity index (χ4n) is 15.4. The molecule has 12 aromatic rings. The smallest absolute Gasteiger partial charge is 0.0701 e. The van der Waals surface area contributed by atoms with Gasteiger partial charge in [-0.25, -0.2) is 0 Å². The normalized spacial score (nSPS) is 12.0. The molecule has 0 saturated carbocycles. The Morgan fingerprint density at radius 2 is 0.410 bits per heavy atom. The summed E-state index contributed by atoms with van der Waals surface area (Å²) in [7, 11) is 1.69. The Hall–Kier alpha value is -8.92. The maximum Gasteiger partial charge on any atom is 0.0701 e. The Kier molecular flexibility index (Phi) is 24.3. The third-order valence-corrected chi connectivity index (χ3v) is 20.8. The van der Waals surface area contributed by atoms with Gasteiger partial charge in [-0.1, -0.05) is 203 Å². The van der Waals surface area contributed by atoms with Crippen LogP contribution in [-0.2, 0) is 40.4 Å². The topological polar surface area (TPSA) is 47.4 Å². The molecule has 0 amide bonds. The molecule has 8 aromatic carbocycles. The monoisotopic (exact) mass is 1320 g/mol. The predicted molar refractivity (Wildman–Crippen MR) is 423 cm³/mol. The first-order valence-electron chi connectivity index (χ1n) is 38.4. The fraction of sp³-hybridized carbons (Fsp3) is 0.398. The van der Waals surface area contributed by atoms with Crippen LogP contribution in [0.1, 0.15) is 219 Å². The second kappa shape index (κ2) is 34.9. The van der Waals surface area contributed by atoms with Crippen LogP contribution in [0.5, 0.6) is 0 Å². The van der Waals surface area contributed by atoms with E-state index in [1.807, 2.05) is 0 Å². The number of fused-ring (bicyclic) bond motifs is 8. The van der Waals surface area contributed by atoms with Gasteiger partial charge in [-0.2, -0.15) is 0 Å². The standard InChI is InChI=1S/C93H102N4O3/c1-5-8-11-14-17-20-23-26-53-94-86-45-37-70-29-31-72-39-47-88-80(64-72)82-66-74(41-49-90(82)95(88)54-27-24-21-18-15-12-9-6-2)33-35-76-43-51-92-84(68-76)85-69-77(44-52-93(85)97(92)56-57-99-60-61-100-59-58-98-4)36-34-75-42-50-91-83(67-75)81-65-73(32-30-71-38-46-87(94)79(63-71)78(86)62-70)40-48-89(81)96(91)55-28-25-22-19-16-13-10-7-3/h37-52,62-69H,5-28,53-61H2,1-4H3. The van der Waals surface area contributed by atoms with Gasteiger partial charge in [0.25, 0.3) is 0 Å². The van der Waals surface area contributed by atoms with Crippen LogP contribution in [0.2, 0.25) is 0 Å². The van der Waals surface area contributed by atoms with Gasteiger partial charge in [0.2, 0.25) is 0 Å². The first-order chi connectivity index (χ1) is 49.5. The van der Waals surface area contributed by atoms with E-state index in [2.05, 4.69) is 232 Å². The molecule has 0 radical (unpaired) electrons. The molecule has 7 nitrogen and oxygen atoms in total. The number of unbranched alkanes of at least 4 members (excludes halogenated alkanes) is 21. The summed E-state index contributed by atoms with van der Waals surface area (Å²) in [5.74, 6) is 29.3. The summed E-state index contributed by atoms with van der Waals surface area (Å²) in [6.07, 6.45) is 30.9. The lowest BCUT2D eigenvalue weighted by molar-refractivity contribution is 0.0234. The average molecular weight is 1320 g/mol. The number of aromatic nitrogens is 4. The molecule has 1 aliphatic carbocycles. The van der Waals surface area contributed by atoms with E-state index in [4.69, 9.17) is 14.2 Å². The van der Waals surface area contributed by atoms with E-state index in [0.29, 0.717) is 39.6 Å². The summed E-state index contributed by atoms with van der Waals surface area (Å²) in [5, 5.41) is 9.60. The van der Waals surface area contributed by atoms with Crippen LogP contribution in [0.3, 0.4) is 0 Å². The van der Waals surface area contributed by atoms with Crippen LogP contribution in [-0.4, -0.2) is 58.4 Å². The number of aryl methyl sites for hydroxylation is 3. The zero-order chi connectivity index (χ0) is 68.2. The van der Waals surface area contributed by atoms with Crippen LogP contribution in [0.4, 0.5) is 0 Å². The van der Waals surface area contributed by atoms with E-state index >= 15 is 0 Å². The molecule has 1 aliphatic rings. The molecule has 512 valence electrons. The Bertz CT molecular complexity index is 4190. The van der Waals surface area contributed by atoms with Crippen molar-refractivity contribution in [3.63, 3.8) is 0 Å². The van der Waals surface area contributed by atoms with Crippen molar-refractivity contribution >= 4 is 87.2 Å². The van der Waals surface area contributed by atoms with Gasteiger partial charge >= 0.3 is 0 Å². The van der Waals surface area contributed by atoms with E-state index in [1.54, 1.807) is 7.11 Å². The minimum atomic E-state index is 0.520. The first-order valence-corrected chi connectivity index (χ1v) is 38.4. The van der Waals surface area contributed by atoms with Gasteiger partial charge in [0.1, 0.15) is 0 Å². The van der Waals surface area contributed by atoms with Crippen LogP contribution in [0, 0.1) is 47.4 Å². The van der Waals surface area contributed by atoms with Crippen molar-refractivity contribution in [2.45, 2.75) is 201 Å². The lowest BCUT2D eigenvalue weighted by Crippen LogP contribution is -2.11. The Morgan fingerprint density at radius 1 is 0.220 bits per heavy atom. The van der Waals surface area contributed by atoms with Gasteiger partial charge < -0.3 is 32.5 Å². The third kappa shape index (κ3) is 16.8. The molecule has 0 saturated heterocycles. The largest absolute Gasteiger partial charge is 0.382 e. The maximum absolute atomic E-state index is 6.17. The van der Waals surface area contributed by atoms with Crippen LogP contribution >= 0.6 is 0 Å². The molecule has 0 atom stereocenters. The maximum atomic E-state index is 6.17. The average Bonchev–Trinajstić information content (AvgIpc) is 1.63. The van der Waals surface area contributed by atoms with Crippen molar-refractivity contribution in [3.05, 3.63) is 190 Å². The fourth-order valence-corrected chi connectivity index (χ4v) is 15.4. The van der Waals surface area contributed by atoms with Crippen molar-refractivity contribution < 1.29 is 14.2 Å². The van der Waals surface area contributed by atoms with Crippen molar-refractivity contribution in [3.8, 4) is 47.4 Å². The number of hydrogen-bond donors (Lipinski definition) is 0. The summed E-state index contributed by atoms with van der Waals surface area (Å²) in [5.41, 5.74) is 17.7. The van der Waals surface area contributed by atoms with E-state index < -0.39 is 0 Å². The molecule has 4 aromatic heterocycles. The van der Waals surface area contributed by atoms with Crippen molar-refractivity contribution in [1.29, 1.82) is 0 Å². The molecule has 4 heterocycles. The molecule has 13 rings (SSSR count). The van der Waals surface area contributed by atoms with Crippen LogP contribution in [0.25, 0.3) is 87.2 Å². The van der Waals surface area contributed by atoms with E-state index in [0.717, 1.165) is 105 Å². The highest BCUT2D eigenvalue weighted by atomic mass is 16.5. The van der Waals surface area contributed by atoms with E-state index in [1.165, 1.54) is 200 Å². The highest BCUT2D eigenvalue weighted by Gasteiger charge is 2.18. The molecule has 0 fully saturated rings. The van der Waals surface area contributed by atoms with Crippen LogP contribution < -0.4 is 0 Å².